The van der Waals surface area contributed by atoms with Crippen LogP contribution >= 0.6 is 0 Å². The van der Waals surface area contributed by atoms with Gasteiger partial charge in [-0.25, -0.2) is 0 Å². The topological polar surface area (TPSA) is 52.9 Å². The number of hydrogen-bond donors (Lipinski definition) is 2. The molecule has 4 nitrogen and oxygen atoms in total. The third kappa shape index (κ3) is 8.98. The zero-order valence-corrected chi connectivity index (χ0v) is 20.4. The molecule has 0 saturated carbocycles. The largest absolute Gasteiger partial charge is 0.460 e. The number of nitrogens with zero attached hydrogens (tertiary/aromatic N) is 1. The summed E-state index contributed by atoms with van der Waals surface area (Å²) in [5.74, 6) is -37.1. The molecule has 0 bridgehead atoms. The second-order valence-corrected chi connectivity index (χ2v) is 8.77. The lowest BCUT2D eigenvalue weighted by Crippen LogP contribution is -2.70. The van der Waals surface area contributed by atoms with Gasteiger partial charge in [-0.1, -0.05) is 39.0 Å². The fraction of sp³-hybridized carbons (Fsp3) is 1.00. The van der Waals surface area contributed by atoms with Gasteiger partial charge in [-0.05, 0) is 13.0 Å². The van der Waals surface area contributed by atoms with E-state index < -0.39 is 61.5 Å². The number of unbranched alkanes of at least 4 members (excludes halogenated alkanes) is 5. The van der Waals surface area contributed by atoms with Crippen molar-refractivity contribution in [2.24, 2.45) is 0 Å². The molecule has 17 heteroatoms. The second kappa shape index (κ2) is 14.5. The molecule has 1 unspecified atom stereocenters. The number of aliphatic hydroxyl groups is 2. The number of aliphatic hydroxyl groups excluding tert-OH is 2. The Morgan fingerprint density at radius 2 is 1.18 bits per heavy atom. The summed E-state index contributed by atoms with van der Waals surface area (Å²) in [6.45, 7) is -0.349. The van der Waals surface area contributed by atoms with Crippen LogP contribution in [0.5, 0.6) is 0 Å². The molecule has 0 aromatic heterocycles. The van der Waals surface area contributed by atoms with Crippen LogP contribution in [0, 0.1) is 0 Å². The first-order valence-corrected chi connectivity index (χ1v) is 11.7. The van der Waals surface area contributed by atoms with E-state index in [9.17, 15) is 62.2 Å². The van der Waals surface area contributed by atoms with Gasteiger partial charge in [-0.15, -0.1) is 0 Å². The molecule has 0 spiro atoms. The summed E-state index contributed by atoms with van der Waals surface area (Å²) < 4.78 is 175. The Balaban J connectivity index is 5.01. The molecule has 0 amide bonds. The fourth-order valence-corrected chi connectivity index (χ4v) is 3.28. The van der Waals surface area contributed by atoms with Crippen molar-refractivity contribution in [3.05, 3.63) is 0 Å². The molecule has 0 radical (unpaired) electrons. The number of hydrogen-bond acceptors (Lipinski definition) is 4. The van der Waals surface area contributed by atoms with Gasteiger partial charge in [0, 0.05) is 19.5 Å². The highest BCUT2D eigenvalue weighted by molar-refractivity contribution is 5.10. The summed E-state index contributed by atoms with van der Waals surface area (Å²) in [7, 11) is 0. The molecule has 0 heterocycles. The van der Waals surface area contributed by atoms with E-state index in [1.54, 1.807) is 4.90 Å². The minimum absolute atomic E-state index is 0.0994. The van der Waals surface area contributed by atoms with E-state index in [1.807, 2.05) is 6.92 Å². The van der Waals surface area contributed by atoms with Crippen LogP contribution in [0.3, 0.4) is 0 Å². The summed E-state index contributed by atoms with van der Waals surface area (Å²) in [6.07, 6.45) is -5.79. The van der Waals surface area contributed by atoms with Gasteiger partial charge in [-0.2, -0.15) is 57.1 Å². The van der Waals surface area contributed by atoms with Crippen molar-refractivity contribution in [1.29, 1.82) is 0 Å². The molecule has 0 rings (SSSR count). The second-order valence-electron chi connectivity index (χ2n) is 8.77. The predicted octanol–water partition coefficient (Wildman–Crippen LogP) is 6.15. The minimum Gasteiger partial charge on any atom is -0.395 e. The Morgan fingerprint density at radius 1 is 0.684 bits per heavy atom. The van der Waals surface area contributed by atoms with Crippen molar-refractivity contribution >= 4 is 0 Å². The van der Waals surface area contributed by atoms with Crippen LogP contribution in [0.25, 0.3) is 0 Å². The molecule has 38 heavy (non-hydrogen) atoms. The highest BCUT2D eigenvalue weighted by Crippen LogP contribution is 2.60. The van der Waals surface area contributed by atoms with Gasteiger partial charge in [0.15, 0.2) is 0 Å². The third-order valence-corrected chi connectivity index (χ3v) is 5.58. The maximum Gasteiger partial charge on any atom is 0.460 e. The van der Waals surface area contributed by atoms with Crippen molar-refractivity contribution in [3.63, 3.8) is 0 Å². The van der Waals surface area contributed by atoms with Crippen LogP contribution in [-0.2, 0) is 4.74 Å². The smallest absolute Gasteiger partial charge is 0.395 e. The molecule has 0 aromatic carbocycles. The normalized spacial score (nSPS) is 15.4. The Bertz CT molecular complexity index is 675. The van der Waals surface area contributed by atoms with Gasteiger partial charge in [0.05, 0.1) is 25.9 Å². The van der Waals surface area contributed by atoms with Crippen molar-refractivity contribution < 1.29 is 72.0 Å². The first-order chi connectivity index (χ1) is 17.1. The first kappa shape index (κ1) is 36.9. The number of halogens is 13. The van der Waals surface area contributed by atoms with E-state index in [0.717, 1.165) is 32.1 Å². The molecule has 1 atom stereocenters. The SMILES string of the molecule is CCCCCCCCN(CCO)CC(O)COCCC(F)(F)C(F)(F)C(F)(F)C(F)(F)C(F)(F)C(F)(F)F. The van der Waals surface area contributed by atoms with Crippen LogP contribution in [0.4, 0.5) is 57.1 Å². The van der Waals surface area contributed by atoms with Crippen molar-refractivity contribution in [2.45, 2.75) is 93.8 Å². The lowest BCUT2D eigenvalue weighted by Gasteiger charge is -2.39. The predicted molar refractivity (Wildman–Crippen MR) is 109 cm³/mol. The van der Waals surface area contributed by atoms with Crippen LogP contribution in [-0.4, -0.2) is 96.5 Å². The van der Waals surface area contributed by atoms with Gasteiger partial charge >= 0.3 is 35.8 Å². The maximum atomic E-state index is 13.7. The van der Waals surface area contributed by atoms with Gasteiger partial charge in [0.2, 0.25) is 0 Å². The Kier molecular flexibility index (Phi) is 14.1. The minimum atomic E-state index is -7.94. The highest BCUT2D eigenvalue weighted by Gasteiger charge is 2.90. The molecule has 0 aliphatic rings. The summed E-state index contributed by atoms with van der Waals surface area (Å²) in [5.41, 5.74) is 0. The van der Waals surface area contributed by atoms with Gasteiger partial charge in [0.25, 0.3) is 0 Å². The average molecular weight is 593 g/mol. The quantitative estimate of drug-likeness (QED) is 0.132. The Hall–Kier alpha value is -1.07. The zero-order valence-electron chi connectivity index (χ0n) is 20.4. The molecule has 0 aromatic rings. The first-order valence-electron chi connectivity index (χ1n) is 11.7. The van der Waals surface area contributed by atoms with E-state index in [4.69, 9.17) is 5.11 Å². The van der Waals surface area contributed by atoms with Gasteiger partial charge in [-0.3, -0.25) is 4.90 Å². The molecule has 2 N–H and O–H groups in total. The van der Waals surface area contributed by atoms with Crippen molar-refractivity contribution in [1.82, 2.24) is 4.90 Å². The molecule has 0 aliphatic heterocycles. The Labute approximate surface area is 211 Å². The van der Waals surface area contributed by atoms with E-state index in [0.29, 0.717) is 13.0 Å². The molecule has 0 fully saturated rings. The zero-order chi connectivity index (χ0) is 30.1. The van der Waals surface area contributed by atoms with E-state index in [-0.39, 0.29) is 19.7 Å². The average Bonchev–Trinajstić information content (AvgIpc) is 2.77. The van der Waals surface area contributed by atoms with Crippen molar-refractivity contribution in [3.8, 4) is 0 Å². The molecule has 230 valence electrons. The van der Waals surface area contributed by atoms with Crippen LogP contribution in [0.15, 0.2) is 0 Å². The number of ether oxygens (including phenoxy) is 1. The van der Waals surface area contributed by atoms with E-state index in [1.165, 1.54) is 0 Å². The molecule has 0 saturated heterocycles. The molecule has 0 aliphatic carbocycles. The van der Waals surface area contributed by atoms with E-state index in [2.05, 4.69) is 4.74 Å². The van der Waals surface area contributed by atoms with Crippen molar-refractivity contribution in [2.75, 3.05) is 39.5 Å². The Morgan fingerprint density at radius 3 is 1.68 bits per heavy atom. The fourth-order valence-electron chi connectivity index (χ4n) is 3.28. The summed E-state index contributed by atoms with van der Waals surface area (Å²) in [4.78, 5) is 1.57. The summed E-state index contributed by atoms with van der Waals surface area (Å²) in [6, 6.07) is 0. The van der Waals surface area contributed by atoms with Crippen LogP contribution < -0.4 is 0 Å². The highest BCUT2D eigenvalue weighted by atomic mass is 19.4. The van der Waals surface area contributed by atoms with Gasteiger partial charge < -0.3 is 14.9 Å². The summed E-state index contributed by atoms with van der Waals surface area (Å²) >= 11 is 0. The third-order valence-electron chi connectivity index (χ3n) is 5.58. The lowest BCUT2D eigenvalue weighted by molar-refractivity contribution is -0.440. The monoisotopic (exact) mass is 593 g/mol. The standard InChI is InChI=1S/C21H32F13NO3/c1-2-3-4-5-6-7-9-35(10-11-36)13-15(37)14-38-12-8-16(22,23)17(24,25)18(26,27)19(28,29)20(30,31)21(32,33)34/h15,36-37H,2-14H2,1H3. The van der Waals surface area contributed by atoms with Crippen LogP contribution in [0.1, 0.15) is 51.9 Å². The maximum absolute atomic E-state index is 13.7. The lowest BCUT2D eigenvalue weighted by atomic mass is 9.93. The van der Waals surface area contributed by atoms with E-state index >= 15 is 0 Å². The number of rotatable bonds is 20. The van der Waals surface area contributed by atoms with Crippen LogP contribution in [0.2, 0.25) is 0 Å². The summed E-state index contributed by atoms with van der Waals surface area (Å²) in [5, 5.41) is 19.0. The number of alkyl halides is 13. The molecular formula is C21H32F13NO3. The van der Waals surface area contributed by atoms with Gasteiger partial charge in [0.1, 0.15) is 0 Å². The molecular weight excluding hydrogens is 561 g/mol.